The van der Waals surface area contributed by atoms with Crippen molar-refractivity contribution in [2.45, 2.75) is 75.6 Å². The van der Waals surface area contributed by atoms with Crippen LogP contribution in [0.1, 0.15) is 68.9 Å². The van der Waals surface area contributed by atoms with Crippen molar-refractivity contribution in [1.82, 2.24) is 4.90 Å². The van der Waals surface area contributed by atoms with Gasteiger partial charge in [0.1, 0.15) is 0 Å². The standard InChI is InChI=1S/C21H31F3N2O/c1-15(26(2)3)12-18(25)14-19(20(27)10-5-4-6-11-20)16-8-7-9-17(13-16)21(22,23)24/h7-9,13,15,19,25,27H,4-6,10-12,14H2,1-3H3/t15-,19?/m1/s1. The van der Waals surface area contributed by atoms with E-state index >= 15 is 0 Å². The number of benzene rings is 1. The first-order valence-electron chi connectivity index (χ1n) is 9.65. The number of hydrogen-bond donors (Lipinski definition) is 2. The minimum absolute atomic E-state index is 0.167. The lowest BCUT2D eigenvalue weighted by Gasteiger charge is -2.40. The molecule has 27 heavy (non-hydrogen) atoms. The van der Waals surface area contributed by atoms with Crippen LogP contribution >= 0.6 is 0 Å². The number of rotatable bonds is 7. The minimum Gasteiger partial charge on any atom is -0.389 e. The summed E-state index contributed by atoms with van der Waals surface area (Å²) in [7, 11) is 3.88. The summed E-state index contributed by atoms with van der Waals surface area (Å²) < 4.78 is 39.5. The van der Waals surface area contributed by atoms with Crippen LogP contribution in [0.2, 0.25) is 0 Å². The molecule has 2 rings (SSSR count). The molecule has 1 saturated carbocycles. The van der Waals surface area contributed by atoms with Crippen molar-refractivity contribution in [2.75, 3.05) is 14.1 Å². The largest absolute Gasteiger partial charge is 0.416 e. The third-order valence-electron chi connectivity index (χ3n) is 5.86. The Morgan fingerprint density at radius 3 is 2.37 bits per heavy atom. The molecule has 1 aliphatic carbocycles. The SMILES string of the molecule is C[C@H](CC(=N)CC(c1cccc(C(F)(F)F)c1)C1(O)CCCCC1)N(C)C. The van der Waals surface area contributed by atoms with Crippen LogP contribution in [0.15, 0.2) is 24.3 Å². The molecule has 0 bridgehead atoms. The van der Waals surface area contributed by atoms with E-state index in [1.54, 1.807) is 6.07 Å². The van der Waals surface area contributed by atoms with Gasteiger partial charge in [-0.15, -0.1) is 0 Å². The maximum absolute atomic E-state index is 13.2. The number of aliphatic hydroxyl groups is 1. The van der Waals surface area contributed by atoms with Crippen molar-refractivity contribution in [1.29, 1.82) is 5.41 Å². The summed E-state index contributed by atoms with van der Waals surface area (Å²) in [6.45, 7) is 2.02. The summed E-state index contributed by atoms with van der Waals surface area (Å²) in [5, 5.41) is 19.7. The summed E-state index contributed by atoms with van der Waals surface area (Å²) >= 11 is 0. The lowest BCUT2D eigenvalue weighted by atomic mass is 9.70. The molecule has 152 valence electrons. The number of halogens is 3. The van der Waals surface area contributed by atoms with Gasteiger partial charge in [-0.25, -0.2) is 0 Å². The van der Waals surface area contributed by atoms with Gasteiger partial charge in [-0.2, -0.15) is 13.2 Å². The Hall–Kier alpha value is -1.40. The quantitative estimate of drug-likeness (QED) is 0.632. The highest BCUT2D eigenvalue weighted by Crippen LogP contribution is 2.43. The second-order valence-electron chi connectivity index (χ2n) is 8.16. The number of nitrogens with zero attached hydrogens (tertiary/aromatic N) is 1. The molecule has 1 aromatic carbocycles. The van der Waals surface area contributed by atoms with Crippen molar-refractivity contribution >= 4 is 5.71 Å². The molecule has 2 atom stereocenters. The second kappa shape index (κ2) is 8.74. The monoisotopic (exact) mass is 384 g/mol. The second-order valence-corrected chi connectivity index (χ2v) is 8.16. The van der Waals surface area contributed by atoms with Crippen LogP contribution < -0.4 is 0 Å². The smallest absolute Gasteiger partial charge is 0.389 e. The molecular formula is C21H31F3N2O. The van der Waals surface area contributed by atoms with Crippen molar-refractivity contribution in [3.05, 3.63) is 35.4 Å². The lowest BCUT2D eigenvalue weighted by Crippen LogP contribution is -2.40. The van der Waals surface area contributed by atoms with Crippen LogP contribution in [0.5, 0.6) is 0 Å². The molecule has 1 aliphatic rings. The molecular weight excluding hydrogens is 353 g/mol. The molecule has 0 saturated heterocycles. The summed E-state index contributed by atoms with van der Waals surface area (Å²) in [6.07, 6.45) is 0.333. The van der Waals surface area contributed by atoms with Gasteiger partial charge in [0, 0.05) is 24.1 Å². The fourth-order valence-electron chi connectivity index (χ4n) is 3.93. The van der Waals surface area contributed by atoms with E-state index < -0.39 is 23.3 Å². The summed E-state index contributed by atoms with van der Waals surface area (Å²) in [4.78, 5) is 2.02. The molecule has 1 unspecified atom stereocenters. The lowest BCUT2D eigenvalue weighted by molar-refractivity contribution is -0.137. The molecule has 1 fully saturated rings. The van der Waals surface area contributed by atoms with Crippen LogP contribution in [0.25, 0.3) is 0 Å². The van der Waals surface area contributed by atoms with Gasteiger partial charge >= 0.3 is 6.18 Å². The van der Waals surface area contributed by atoms with E-state index in [4.69, 9.17) is 5.41 Å². The Kier molecular flexibility index (Phi) is 7.09. The molecule has 2 N–H and O–H groups in total. The van der Waals surface area contributed by atoms with Gasteiger partial charge in [0.05, 0.1) is 11.2 Å². The van der Waals surface area contributed by atoms with Gasteiger partial charge in [0.2, 0.25) is 0 Å². The molecule has 0 aliphatic heterocycles. The van der Waals surface area contributed by atoms with E-state index in [0.29, 0.717) is 30.5 Å². The Labute approximate surface area is 160 Å². The first kappa shape index (κ1) is 21.9. The summed E-state index contributed by atoms with van der Waals surface area (Å²) in [5.74, 6) is -0.484. The van der Waals surface area contributed by atoms with E-state index in [1.807, 2.05) is 25.9 Å². The molecule has 0 radical (unpaired) electrons. The molecule has 0 spiro atoms. The third kappa shape index (κ3) is 5.79. The van der Waals surface area contributed by atoms with E-state index in [0.717, 1.165) is 31.4 Å². The van der Waals surface area contributed by atoms with Crippen LogP contribution in [0.3, 0.4) is 0 Å². The molecule has 1 aromatic rings. The minimum atomic E-state index is -4.41. The van der Waals surface area contributed by atoms with Gasteiger partial charge in [0.25, 0.3) is 0 Å². The summed E-state index contributed by atoms with van der Waals surface area (Å²) in [6, 6.07) is 5.45. The van der Waals surface area contributed by atoms with Crippen molar-refractivity contribution in [2.24, 2.45) is 0 Å². The van der Waals surface area contributed by atoms with Crippen molar-refractivity contribution in [3.8, 4) is 0 Å². The van der Waals surface area contributed by atoms with Gasteiger partial charge < -0.3 is 15.4 Å². The fourth-order valence-corrected chi connectivity index (χ4v) is 3.93. The fraction of sp³-hybridized carbons (Fsp3) is 0.667. The van der Waals surface area contributed by atoms with Crippen LogP contribution in [0, 0.1) is 5.41 Å². The van der Waals surface area contributed by atoms with E-state index in [9.17, 15) is 18.3 Å². The predicted octanol–water partition coefficient (Wildman–Crippen LogP) is 5.23. The van der Waals surface area contributed by atoms with Crippen LogP contribution in [-0.4, -0.2) is 41.5 Å². The zero-order valence-corrected chi connectivity index (χ0v) is 16.4. The first-order valence-corrected chi connectivity index (χ1v) is 9.65. The first-order chi connectivity index (χ1) is 12.5. The van der Waals surface area contributed by atoms with Crippen LogP contribution in [0.4, 0.5) is 13.2 Å². The Morgan fingerprint density at radius 2 is 1.81 bits per heavy atom. The topological polar surface area (TPSA) is 47.3 Å². The van der Waals surface area contributed by atoms with Crippen molar-refractivity contribution in [3.63, 3.8) is 0 Å². The van der Waals surface area contributed by atoms with E-state index in [-0.39, 0.29) is 12.5 Å². The van der Waals surface area contributed by atoms with Gasteiger partial charge in [-0.3, -0.25) is 0 Å². The Balaban J connectivity index is 2.32. The number of nitrogens with one attached hydrogen (secondary N) is 1. The average Bonchev–Trinajstić information content (AvgIpc) is 2.59. The number of alkyl halides is 3. The van der Waals surface area contributed by atoms with Gasteiger partial charge in [-0.1, -0.05) is 37.5 Å². The number of hydrogen-bond acceptors (Lipinski definition) is 3. The normalized spacial score (nSPS) is 19.7. The zero-order chi connectivity index (χ0) is 20.2. The highest BCUT2D eigenvalue weighted by molar-refractivity contribution is 5.83. The van der Waals surface area contributed by atoms with Crippen molar-refractivity contribution < 1.29 is 18.3 Å². The highest BCUT2D eigenvalue weighted by Gasteiger charge is 2.40. The molecule has 3 nitrogen and oxygen atoms in total. The van der Waals surface area contributed by atoms with E-state index in [2.05, 4.69) is 0 Å². The summed E-state index contributed by atoms with van der Waals surface area (Å²) in [5.41, 5.74) is -0.789. The molecule has 6 heteroatoms. The maximum atomic E-state index is 13.2. The molecule has 0 aromatic heterocycles. The Bertz CT molecular complexity index is 637. The predicted molar refractivity (Wildman–Crippen MR) is 102 cm³/mol. The van der Waals surface area contributed by atoms with E-state index in [1.165, 1.54) is 6.07 Å². The highest BCUT2D eigenvalue weighted by atomic mass is 19.4. The average molecular weight is 384 g/mol. The van der Waals surface area contributed by atoms with Crippen LogP contribution in [-0.2, 0) is 6.18 Å². The Morgan fingerprint density at radius 1 is 1.19 bits per heavy atom. The molecule has 0 amide bonds. The van der Waals surface area contributed by atoms with Gasteiger partial charge in [-0.05, 0) is 51.9 Å². The van der Waals surface area contributed by atoms with Gasteiger partial charge in [0.15, 0.2) is 0 Å². The maximum Gasteiger partial charge on any atom is 0.416 e. The zero-order valence-electron chi connectivity index (χ0n) is 16.4. The third-order valence-corrected chi connectivity index (χ3v) is 5.86. The molecule has 0 heterocycles.